The summed E-state index contributed by atoms with van der Waals surface area (Å²) in [5, 5.41) is 8.42. The van der Waals surface area contributed by atoms with Gasteiger partial charge < -0.3 is 5.32 Å². The molecule has 6 heteroatoms. The van der Waals surface area contributed by atoms with E-state index in [0.717, 1.165) is 36.9 Å². The third-order valence-corrected chi connectivity index (χ3v) is 6.21. The fraction of sp³-hybridized carbons (Fsp3) is 0.500. The number of hydrogen-bond acceptors (Lipinski definition) is 3. The average molecular weight is 400 g/mol. The van der Waals surface area contributed by atoms with E-state index in [9.17, 15) is 9.59 Å². The van der Waals surface area contributed by atoms with Crippen molar-refractivity contribution < 1.29 is 4.79 Å². The van der Waals surface area contributed by atoms with Crippen LogP contribution in [0.4, 0.5) is 0 Å². The Morgan fingerprint density at radius 2 is 1.89 bits per heavy atom. The lowest BCUT2D eigenvalue weighted by Gasteiger charge is -2.26. The first kappa shape index (κ1) is 19.2. The summed E-state index contributed by atoms with van der Waals surface area (Å²) in [6.45, 7) is 4.50. The molecule has 1 heterocycles. The molecule has 0 aliphatic heterocycles. The summed E-state index contributed by atoms with van der Waals surface area (Å²) in [6.07, 6.45) is 3.94. The van der Waals surface area contributed by atoms with Crippen molar-refractivity contribution in [3.8, 4) is 0 Å². The van der Waals surface area contributed by atoms with Crippen LogP contribution in [0.25, 0.3) is 0 Å². The minimum Gasteiger partial charge on any atom is -0.350 e. The Labute approximate surface area is 170 Å². The van der Waals surface area contributed by atoms with Crippen molar-refractivity contribution >= 4 is 17.5 Å². The number of amides is 1. The molecule has 0 saturated heterocycles. The van der Waals surface area contributed by atoms with Gasteiger partial charge in [0.25, 0.3) is 5.56 Å². The predicted molar refractivity (Wildman–Crippen MR) is 110 cm³/mol. The standard InChI is InChI=1S/C22H26ClN3O2/c1-14(2)19(13-26-20(27)10-9-18(25-26)15-3-4-15)24-21(28)22(11-12-22)16-5-7-17(23)8-6-16/h5-10,14-15,19H,3-4,11-13H2,1-2H3,(H,24,28)/t19-/m1/s1. The molecule has 0 spiro atoms. The topological polar surface area (TPSA) is 64.0 Å². The number of rotatable bonds is 7. The van der Waals surface area contributed by atoms with Crippen LogP contribution < -0.4 is 10.9 Å². The van der Waals surface area contributed by atoms with Crippen molar-refractivity contribution in [3.05, 3.63) is 63.0 Å². The Hall–Kier alpha value is -2.14. The monoisotopic (exact) mass is 399 g/mol. The molecule has 4 rings (SSSR count). The molecule has 2 fully saturated rings. The first-order valence-electron chi connectivity index (χ1n) is 10.0. The fourth-order valence-corrected chi connectivity index (χ4v) is 3.78. The molecule has 1 N–H and O–H groups in total. The van der Waals surface area contributed by atoms with Crippen LogP contribution >= 0.6 is 11.6 Å². The average Bonchev–Trinajstić information content (AvgIpc) is 3.55. The van der Waals surface area contributed by atoms with Crippen LogP contribution in [-0.4, -0.2) is 21.7 Å². The van der Waals surface area contributed by atoms with Crippen molar-refractivity contribution in [2.75, 3.05) is 0 Å². The van der Waals surface area contributed by atoms with Gasteiger partial charge in [-0.1, -0.05) is 37.6 Å². The van der Waals surface area contributed by atoms with Gasteiger partial charge in [0.15, 0.2) is 0 Å². The fourth-order valence-electron chi connectivity index (χ4n) is 3.65. The third kappa shape index (κ3) is 3.86. The summed E-state index contributed by atoms with van der Waals surface area (Å²) in [4.78, 5) is 25.4. The number of hydrogen-bond donors (Lipinski definition) is 1. The van der Waals surface area contributed by atoms with Gasteiger partial charge in [-0.2, -0.15) is 5.10 Å². The minimum absolute atomic E-state index is 0.0277. The van der Waals surface area contributed by atoms with Gasteiger partial charge in [0.05, 0.1) is 23.7 Å². The molecule has 5 nitrogen and oxygen atoms in total. The van der Waals surface area contributed by atoms with Crippen LogP contribution in [0.15, 0.2) is 41.2 Å². The number of nitrogens with zero attached hydrogens (tertiary/aromatic N) is 2. The first-order chi connectivity index (χ1) is 13.4. The van der Waals surface area contributed by atoms with Crippen molar-refractivity contribution in [3.63, 3.8) is 0 Å². The molecule has 1 atom stereocenters. The highest BCUT2D eigenvalue weighted by molar-refractivity contribution is 6.30. The zero-order valence-corrected chi connectivity index (χ0v) is 17.1. The molecule has 2 saturated carbocycles. The molecule has 0 unspecified atom stereocenters. The van der Waals surface area contributed by atoms with Gasteiger partial charge in [0.2, 0.25) is 5.91 Å². The second-order valence-corrected chi connectivity index (χ2v) is 8.90. The van der Waals surface area contributed by atoms with E-state index in [2.05, 4.69) is 24.3 Å². The normalized spacial score (nSPS) is 18.7. The van der Waals surface area contributed by atoms with Crippen molar-refractivity contribution in [2.45, 2.75) is 63.5 Å². The Balaban J connectivity index is 1.51. The Bertz CT molecular complexity index is 928. The van der Waals surface area contributed by atoms with Gasteiger partial charge in [-0.05, 0) is 55.4 Å². The molecule has 0 radical (unpaired) electrons. The van der Waals surface area contributed by atoms with Gasteiger partial charge in [0.1, 0.15) is 0 Å². The second-order valence-electron chi connectivity index (χ2n) is 8.47. The van der Waals surface area contributed by atoms with E-state index in [1.165, 1.54) is 4.68 Å². The summed E-state index contributed by atoms with van der Waals surface area (Å²) in [5.74, 6) is 0.696. The predicted octanol–water partition coefficient (Wildman–Crippen LogP) is 3.65. The summed E-state index contributed by atoms with van der Waals surface area (Å²) in [7, 11) is 0. The van der Waals surface area contributed by atoms with Gasteiger partial charge in [-0.15, -0.1) is 0 Å². The van der Waals surface area contributed by atoms with E-state index in [-0.39, 0.29) is 23.4 Å². The van der Waals surface area contributed by atoms with Crippen LogP contribution in [0, 0.1) is 5.92 Å². The number of nitrogens with one attached hydrogen (secondary N) is 1. The summed E-state index contributed by atoms with van der Waals surface area (Å²) in [6, 6.07) is 10.8. The molecule has 1 aromatic carbocycles. The summed E-state index contributed by atoms with van der Waals surface area (Å²) in [5.41, 5.74) is 1.39. The smallest absolute Gasteiger partial charge is 0.266 e. The Morgan fingerprint density at radius 3 is 2.46 bits per heavy atom. The molecule has 28 heavy (non-hydrogen) atoms. The SMILES string of the molecule is CC(C)[C@@H](Cn1nc(C2CC2)ccc1=O)NC(=O)C1(c2ccc(Cl)cc2)CC1. The van der Waals surface area contributed by atoms with Crippen LogP contribution in [0.2, 0.25) is 5.02 Å². The molecule has 1 amide bonds. The molecule has 2 aliphatic carbocycles. The third-order valence-electron chi connectivity index (χ3n) is 5.96. The molecule has 0 bridgehead atoms. The lowest BCUT2D eigenvalue weighted by Crippen LogP contribution is -2.47. The van der Waals surface area contributed by atoms with Crippen LogP contribution in [0.1, 0.15) is 56.7 Å². The maximum absolute atomic E-state index is 13.1. The summed E-state index contributed by atoms with van der Waals surface area (Å²) >= 11 is 5.99. The zero-order chi connectivity index (χ0) is 19.9. The van der Waals surface area contributed by atoms with Gasteiger partial charge >= 0.3 is 0 Å². The van der Waals surface area contributed by atoms with E-state index in [1.807, 2.05) is 30.3 Å². The number of benzene rings is 1. The highest BCUT2D eigenvalue weighted by Crippen LogP contribution is 2.48. The van der Waals surface area contributed by atoms with E-state index < -0.39 is 5.41 Å². The molecular weight excluding hydrogens is 374 g/mol. The van der Waals surface area contributed by atoms with E-state index in [0.29, 0.717) is 17.5 Å². The van der Waals surface area contributed by atoms with E-state index in [1.54, 1.807) is 6.07 Å². The quantitative estimate of drug-likeness (QED) is 0.772. The second kappa shape index (κ2) is 7.36. The number of carbonyl (C=O) groups is 1. The maximum Gasteiger partial charge on any atom is 0.266 e. The Kier molecular flexibility index (Phi) is 5.04. The Morgan fingerprint density at radius 1 is 1.21 bits per heavy atom. The number of carbonyl (C=O) groups excluding carboxylic acids is 1. The minimum atomic E-state index is -0.466. The van der Waals surface area contributed by atoms with Crippen LogP contribution in [-0.2, 0) is 16.8 Å². The first-order valence-corrected chi connectivity index (χ1v) is 10.4. The molecule has 148 valence electrons. The van der Waals surface area contributed by atoms with E-state index >= 15 is 0 Å². The van der Waals surface area contributed by atoms with E-state index in [4.69, 9.17) is 11.6 Å². The number of aromatic nitrogens is 2. The van der Waals surface area contributed by atoms with Crippen molar-refractivity contribution in [2.24, 2.45) is 5.92 Å². The van der Waals surface area contributed by atoms with Crippen molar-refractivity contribution in [1.29, 1.82) is 0 Å². The lowest BCUT2D eigenvalue weighted by atomic mass is 9.93. The zero-order valence-electron chi connectivity index (χ0n) is 16.3. The summed E-state index contributed by atoms with van der Waals surface area (Å²) < 4.78 is 1.51. The number of halogens is 1. The van der Waals surface area contributed by atoms with Crippen molar-refractivity contribution in [1.82, 2.24) is 15.1 Å². The van der Waals surface area contributed by atoms with Crippen LogP contribution in [0.3, 0.4) is 0 Å². The lowest BCUT2D eigenvalue weighted by molar-refractivity contribution is -0.124. The van der Waals surface area contributed by atoms with Gasteiger partial charge in [-0.25, -0.2) is 4.68 Å². The molecule has 1 aromatic heterocycles. The molecule has 2 aromatic rings. The molecular formula is C22H26ClN3O2. The maximum atomic E-state index is 13.1. The largest absolute Gasteiger partial charge is 0.350 e. The highest BCUT2D eigenvalue weighted by Gasteiger charge is 2.51. The van der Waals surface area contributed by atoms with Gasteiger partial charge in [0, 0.05) is 17.0 Å². The molecule has 2 aliphatic rings. The van der Waals surface area contributed by atoms with Gasteiger partial charge in [-0.3, -0.25) is 9.59 Å². The van der Waals surface area contributed by atoms with Crippen LogP contribution in [0.5, 0.6) is 0 Å². The highest BCUT2D eigenvalue weighted by atomic mass is 35.5.